The highest BCUT2D eigenvalue weighted by Gasteiger charge is 2.23. The number of nitrogens with two attached hydrogens (primary N) is 1. The predicted octanol–water partition coefficient (Wildman–Crippen LogP) is 1.39. The van der Waals surface area contributed by atoms with Crippen LogP contribution < -0.4 is 20.5 Å². The van der Waals surface area contributed by atoms with Crippen LogP contribution in [0.5, 0.6) is 11.5 Å². The van der Waals surface area contributed by atoms with Crippen molar-refractivity contribution in [2.75, 3.05) is 14.2 Å². The van der Waals surface area contributed by atoms with Gasteiger partial charge in [-0.05, 0) is 41.8 Å². The molecule has 7 heteroatoms. The Morgan fingerprint density at radius 3 is 1.78 bits per heavy atom. The standard InChI is InChI=1S/C20H24N2O5/c1-26-15-7-3-13(4-8-15)11-17(21)19(23)22-18(20(24)25)12-14-5-9-16(27-2)10-6-14/h3-10,17-18H,11-12,21H2,1-2H3,(H,22,23)(H,24,25)/t17-,18-/m0/s1. The molecule has 0 bridgehead atoms. The number of carboxylic acids is 1. The molecule has 0 spiro atoms. The molecule has 144 valence electrons. The van der Waals surface area contributed by atoms with Crippen molar-refractivity contribution in [3.8, 4) is 11.5 Å². The third-order valence-electron chi connectivity index (χ3n) is 4.16. The van der Waals surface area contributed by atoms with Crippen LogP contribution in [-0.4, -0.2) is 43.3 Å². The lowest BCUT2D eigenvalue weighted by atomic mass is 10.0. The van der Waals surface area contributed by atoms with Crippen LogP contribution in [0.1, 0.15) is 11.1 Å². The normalized spacial score (nSPS) is 12.7. The number of hydrogen-bond acceptors (Lipinski definition) is 5. The molecule has 27 heavy (non-hydrogen) atoms. The van der Waals surface area contributed by atoms with Crippen LogP contribution in [0.4, 0.5) is 0 Å². The molecule has 2 rings (SSSR count). The van der Waals surface area contributed by atoms with Gasteiger partial charge in [-0.25, -0.2) is 4.79 Å². The smallest absolute Gasteiger partial charge is 0.326 e. The van der Waals surface area contributed by atoms with Crippen LogP contribution in [0, 0.1) is 0 Å². The van der Waals surface area contributed by atoms with Gasteiger partial charge >= 0.3 is 5.97 Å². The van der Waals surface area contributed by atoms with Crippen LogP contribution in [0.3, 0.4) is 0 Å². The minimum absolute atomic E-state index is 0.153. The molecule has 0 aliphatic rings. The summed E-state index contributed by atoms with van der Waals surface area (Å²) in [5.74, 6) is -0.235. The van der Waals surface area contributed by atoms with Gasteiger partial charge in [-0.15, -0.1) is 0 Å². The van der Waals surface area contributed by atoms with Gasteiger partial charge in [-0.2, -0.15) is 0 Å². The number of carboxylic acid groups (broad SMARTS) is 1. The summed E-state index contributed by atoms with van der Waals surface area (Å²) in [4.78, 5) is 23.9. The summed E-state index contributed by atoms with van der Waals surface area (Å²) < 4.78 is 10.2. The van der Waals surface area contributed by atoms with E-state index in [0.717, 1.165) is 11.1 Å². The number of nitrogens with one attached hydrogen (secondary N) is 1. The van der Waals surface area contributed by atoms with E-state index in [1.54, 1.807) is 50.6 Å². The zero-order valence-electron chi connectivity index (χ0n) is 15.3. The molecular weight excluding hydrogens is 348 g/mol. The first-order chi connectivity index (χ1) is 12.9. The third-order valence-corrected chi connectivity index (χ3v) is 4.16. The summed E-state index contributed by atoms with van der Waals surface area (Å²) in [6.45, 7) is 0. The first-order valence-corrected chi connectivity index (χ1v) is 8.47. The fourth-order valence-corrected chi connectivity index (χ4v) is 2.58. The highest BCUT2D eigenvalue weighted by Crippen LogP contribution is 2.14. The molecule has 0 saturated heterocycles. The molecule has 0 fully saturated rings. The number of hydrogen-bond donors (Lipinski definition) is 3. The summed E-state index contributed by atoms with van der Waals surface area (Å²) >= 11 is 0. The van der Waals surface area contributed by atoms with Crippen molar-refractivity contribution in [1.29, 1.82) is 0 Å². The Morgan fingerprint density at radius 1 is 0.926 bits per heavy atom. The highest BCUT2D eigenvalue weighted by atomic mass is 16.5. The summed E-state index contributed by atoms with van der Waals surface area (Å²) in [6.07, 6.45) is 0.449. The fourth-order valence-electron chi connectivity index (χ4n) is 2.58. The minimum atomic E-state index is -1.11. The van der Waals surface area contributed by atoms with Crippen LogP contribution in [0.25, 0.3) is 0 Å². The SMILES string of the molecule is COc1ccc(C[C@H](NC(=O)[C@@H](N)Cc2ccc(OC)cc2)C(=O)O)cc1. The molecule has 4 N–H and O–H groups in total. The van der Waals surface area contributed by atoms with Gasteiger partial charge in [0.2, 0.25) is 5.91 Å². The maximum absolute atomic E-state index is 12.3. The summed E-state index contributed by atoms with van der Waals surface area (Å²) in [5, 5.41) is 11.9. The Hall–Kier alpha value is -3.06. The molecule has 0 radical (unpaired) electrons. The van der Waals surface area contributed by atoms with Crippen LogP contribution in [0.2, 0.25) is 0 Å². The van der Waals surface area contributed by atoms with Crippen molar-refractivity contribution >= 4 is 11.9 Å². The molecule has 0 aliphatic carbocycles. The molecule has 2 aromatic rings. The van der Waals surface area contributed by atoms with E-state index in [2.05, 4.69) is 5.32 Å². The lowest BCUT2D eigenvalue weighted by molar-refractivity contribution is -0.141. The van der Waals surface area contributed by atoms with E-state index >= 15 is 0 Å². The van der Waals surface area contributed by atoms with Crippen LogP contribution in [-0.2, 0) is 22.4 Å². The van der Waals surface area contributed by atoms with Gasteiger partial charge in [-0.3, -0.25) is 4.79 Å². The monoisotopic (exact) mass is 372 g/mol. The van der Waals surface area contributed by atoms with Gasteiger partial charge in [0.25, 0.3) is 0 Å². The molecule has 0 heterocycles. The number of methoxy groups -OCH3 is 2. The number of carbonyl (C=O) groups excluding carboxylic acids is 1. The van der Waals surface area contributed by atoms with Crippen molar-refractivity contribution in [3.05, 3.63) is 59.7 Å². The van der Waals surface area contributed by atoms with E-state index in [9.17, 15) is 14.7 Å². The molecular formula is C20H24N2O5. The largest absolute Gasteiger partial charge is 0.497 e. The minimum Gasteiger partial charge on any atom is -0.497 e. The molecule has 0 saturated carbocycles. The Bertz CT molecular complexity index is 759. The first-order valence-electron chi connectivity index (χ1n) is 8.47. The topological polar surface area (TPSA) is 111 Å². The van der Waals surface area contributed by atoms with E-state index < -0.39 is 24.0 Å². The summed E-state index contributed by atoms with van der Waals surface area (Å²) in [6, 6.07) is 12.3. The zero-order valence-corrected chi connectivity index (χ0v) is 15.3. The number of amides is 1. The van der Waals surface area contributed by atoms with Gasteiger partial charge in [0.15, 0.2) is 0 Å². The van der Waals surface area contributed by atoms with E-state index in [1.165, 1.54) is 0 Å². The third kappa shape index (κ3) is 6.00. The highest BCUT2D eigenvalue weighted by molar-refractivity contribution is 5.87. The van der Waals surface area contributed by atoms with Crippen molar-refractivity contribution in [2.45, 2.75) is 24.9 Å². The second-order valence-corrected chi connectivity index (χ2v) is 6.11. The summed E-state index contributed by atoms with van der Waals surface area (Å²) in [7, 11) is 3.13. The molecule has 0 aliphatic heterocycles. The van der Waals surface area contributed by atoms with E-state index in [0.29, 0.717) is 17.9 Å². The molecule has 0 aromatic heterocycles. The lowest BCUT2D eigenvalue weighted by Crippen LogP contribution is -2.50. The van der Waals surface area contributed by atoms with Crippen LogP contribution >= 0.6 is 0 Å². The number of benzene rings is 2. The average molecular weight is 372 g/mol. The second kappa shape index (κ2) is 9.59. The maximum atomic E-state index is 12.3. The molecule has 2 aromatic carbocycles. The Balaban J connectivity index is 1.96. The second-order valence-electron chi connectivity index (χ2n) is 6.11. The van der Waals surface area contributed by atoms with Crippen molar-refractivity contribution in [3.63, 3.8) is 0 Å². The van der Waals surface area contributed by atoms with E-state index in [-0.39, 0.29) is 6.42 Å². The molecule has 0 unspecified atom stereocenters. The molecule has 2 atom stereocenters. The van der Waals surface area contributed by atoms with E-state index in [1.807, 2.05) is 12.1 Å². The number of aliphatic carboxylic acids is 1. The number of rotatable bonds is 9. The molecule has 7 nitrogen and oxygen atoms in total. The van der Waals surface area contributed by atoms with Gasteiger partial charge in [0.1, 0.15) is 17.5 Å². The predicted molar refractivity (Wildman–Crippen MR) is 101 cm³/mol. The number of ether oxygens (including phenoxy) is 2. The van der Waals surface area contributed by atoms with Crippen molar-refractivity contribution in [2.24, 2.45) is 5.73 Å². The number of carbonyl (C=O) groups is 2. The Morgan fingerprint density at radius 2 is 1.37 bits per heavy atom. The van der Waals surface area contributed by atoms with Crippen molar-refractivity contribution < 1.29 is 24.2 Å². The van der Waals surface area contributed by atoms with Gasteiger partial charge in [0, 0.05) is 6.42 Å². The zero-order chi connectivity index (χ0) is 19.8. The van der Waals surface area contributed by atoms with Crippen LogP contribution in [0.15, 0.2) is 48.5 Å². The Kier molecular flexibility index (Phi) is 7.19. The van der Waals surface area contributed by atoms with E-state index in [4.69, 9.17) is 15.2 Å². The first kappa shape index (κ1) is 20.3. The van der Waals surface area contributed by atoms with Gasteiger partial charge in [0.05, 0.1) is 20.3 Å². The van der Waals surface area contributed by atoms with Gasteiger partial charge in [-0.1, -0.05) is 24.3 Å². The quantitative estimate of drug-likeness (QED) is 0.613. The van der Waals surface area contributed by atoms with Gasteiger partial charge < -0.3 is 25.6 Å². The lowest BCUT2D eigenvalue weighted by Gasteiger charge is -2.18. The Labute approximate surface area is 158 Å². The average Bonchev–Trinajstić information content (AvgIpc) is 2.68. The fraction of sp³-hybridized carbons (Fsp3) is 0.300. The van der Waals surface area contributed by atoms with Crippen molar-refractivity contribution in [1.82, 2.24) is 5.32 Å². The maximum Gasteiger partial charge on any atom is 0.326 e. The summed E-state index contributed by atoms with van der Waals surface area (Å²) in [5.41, 5.74) is 7.58. The molecule has 1 amide bonds.